The lowest BCUT2D eigenvalue weighted by Gasteiger charge is -2.18. The Labute approximate surface area is 513 Å². The lowest BCUT2D eigenvalue weighted by molar-refractivity contribution is -0.167. The average Bonchev–Trinajstić information content (AvgIpc) is 3.47. The molecule has 0 rings (SSSR count). The number of unbranched alkanes of at least 4 members (excludes halogenated alkanes) is 55. The molecule has 0 aliphatic heterocycles. The monoisotopic (exact) mass is 1150 g/mol. The van der Waals surface area contributed by atoms with Gasteiger partial charge in [-0.15, -0.1) is 0 Å². The molecule has 0 heterocycles. The van der Waals surface area contributed by atoms with Gasteiger partial charge in [-0.05, 0) is 70.6 Å². The van der Waals surface area contributed by atoms with E-state index in [1.807, 2.05) is 0 Å². The quantitative estimate of drug-likeness (QED) is 0.0261. The smallest absolute Gasteiger partial charge is 0.306 e. The predicted octanol–water partition coefficient (Wildman–Crippen LogP) is 25.7. The number of allylic oxidation sites excluding steroid dienone is 4. The van der Waals surface area contributed by atoms with Crippen LogP contribution >= 0.6 is 0 Å². The molecular formula is C76H144O6. The van der Waals surface area contributed by atoms with Crippen molar-refractivity contribution in [1.82, 2.24) is 0 Å². The molecule has 0 saturated carbocycles. The zero-order valence-electron chi connectivity index (χ0n) is 55.8. The molecule has 1 unspecified atom stereocenters. The van der Waals surface area contributed by atoms with Crippen LogP contribution in [0.25, 0.3) is 0 Å². The molecule has 6 nitrogen and oxygen atoms in total. The van der Waals surface area contributed by atoms with Crippen LogP contribution in [0.2, 0.25) is 0 Å². The van der Waals surface area contributed by atoms with Gasteiger partial charge in [0.2, 0.25) is 0 Å². The molecule has 0 radical (unpaired) electrons. The lowest BCUT2D eigenvalue weighted by Crippen LogP contribution is -2.30. The summed E-state index contributed by atoms with van der Waals surface area (Å²) in [5.41, 5.74) is 0. The van der Waals surface area contributed by atoms with E-state index in [4.69, 9.17) is 14.2 Å². The lowest BCUT2D eigenvalue weighted by atomic mass is 10.0. The van der Waals surface area contributed by atoms with Crippen molar-refractivity contribution in [2.45, 2.75) is 431 Å². The highest BCUT2D eigenvalue weighted by Crippen LogP contribution is 2.19. The highest BCUT2D eigenvalue weighted by Gasteiger charge is 2.20. The third-order valence-electron chi connectivity index (χ3n) is 17.2. The number of hydrogen-bond acceptors (Lipinski definition) is 6. The van der Waals surface area contributed by atoms with Gasteiger partial charge in [-0.25, -0.2) is 0 Å². The van der Waals surface area contributed by atoms with Gasteiger partial charge in [-0.2, -0.15) is 0 Å². The fourth-order valence-corrected chi connectivity index (χ4v) is 11.6. The van der Waals surface area contributed by atoms with Crippen LogP contribution in [0, 0.1) is 0 Å². The minimum absolute atomic E-state index is 0.0662. The Balaban J connectivity index is 4.29. The summed E-state index contributed by atoms with van der Waals surface area (Å²) in [6, 6.07) is 0. The second kappa shape index (κ2) is 71.4. The second-order valence-electron chi connectivity index (χ2n) is 25.6. The molecule has 0 aromatic carbocycles. The molecule has 0 amide bonds. The van der Waals surface area contributed by atoms with Gasteiger partial charge in [0.25, 0.3) is 0 Å². The van der Waals surface area contributed by atoms with Crippen LogP contribution in [0.5, 0.6) is 0 Å². The number of esters is 3. The molecule has 0 fully saturated rings. The summed E-state index contributed by atoms with van der Waals surface area (Å²) >= 11 is 0. The van der Waals surface area contributed by atoms with E-state index < -0.39 is 6.10 Å². The normalized spacial score (nSPS) is 12.1. The summed E-state index contributed by atoms with van der Waals surface area (Å²) in [6.45, 7) is 6.73. The Kier molecular flexibility index (Phi) is 69.5. The summed E-state index contributed by atoms with van der Waals surface area (Å²) < 4.78 is 17.1. The first-order valence-corrected chi connectivity index (χ1v) is 37.3. The molecule has 82 heavy (non-hydrogen) atoms. The van der Waals surface area contributed by atoms with Crippen molar-refractivity contribution >= 4 is 17.9 Å². The SMILES string of the molecule is CCCCCCCC/C=C\CCCCCCCCCCCC(=O)OCC(COC(=O)CCCCCCCCCCCCC/C=C\CCCCCCCCCC)OC(=O)CCCCCCCCCCCCCCCCCCCCCCCC. The summed E-state index contributed by atoms with van der Waals surface area (Å²) in [5, 5.41) is 0. The van der Waals surface area contributed by atoms with Crippen LogP contribution in [0.3, 0.4) is 0 Å². The first-order chi connectivity index (χ1) is 40.5. The molecule has 484 valence electrons. The Hall–Kier alpha value is -2.11. The second-order valence-corrected chi connectivity index (χ2v) is 25.6. The van der Waals surface area contributed by atoms with E-state index in [9.17, 15) is 14.4 Å². The van der Waals surface area contributed by atoms with Gasteiger partial charge in [0.05, 0.1) is 0 Å². The zero-order chi connectivity index (χ0) is 59.2. The Bertz CT molecular complexity index is 1320. The van der Waals surface area contributed by atoms with Crippen molar-refractivity contribution in [2.75, 3.05) is 13.2 Å². The molecular weight excluding hydrogens is 1010 g/mol. The zero-order valence-corrected chi connectivity index (χ0v) is 55.8. The third kappa shape index (κ3) is 68.7. The maximum atomic E-state index is 13.0. The standard InChI is InChI=1S/C76H144O6/c1-4-7-10-13-16-19-22-25-28-31-34-36-38-40-42-45-48-51-54-57-60-63-66-69-75(78)81-72-73(71-80-74(77)68-65-62-59-56-53-50-47-44-41-33-30-27-24-21-18-15-12-9-6-3)82-76(79)70-67-64-61-58-55-52-49-46-43-39-37-35-32-29-26-23-20-17-14-11-8-5-2/h27,30-31,34,73H,4-26,28-29,32-33,35-72H2,1-3H3/b30-27-,34-31-. The fourth-order valence-electron chi connectivity index (χ4n) is 11.6. The van der Waals surface area contributed by atoms with E-state index in [1.165, 1.54) is 327 Å². The molecule has 0 spiro atoms. The molecule has 6 heteroatoms. The van der Waals surface area contributed by atoms with Gasteiger partial charge in [-0.3, -0.25) is 14.4 Å². The maximum absolute atomic E-state index is 13.0. The number of carbonyl (C=O) groups is 3. The maximum Gasteiger partial charge on any atom is 0.306 e. The van der Waals surface area contributed by atoms with Crippen LogP contribution in [-0.4, -0.2) is 37.2 Å². The largest absolute Gasteiger partial charge is 0.462 e. The van der Waals surface area contributed by atoms with Gasteiger partial charge in [-0.1, -0.05) is 360 Å². The third-order valence-corrected chi connectivity index (χ3v) is 17.2. The molecule has 0 aromatic rings. The molecule has 0 aliphatic rings. The van der Waals surface area contributed by atoms with Crippen molar-refractivity contribution in [3.8, 4) is 0 Å². The van der Waals surface area contributed by atoms with Crippen molar-refractivity contribution in [1.29, 1.82) is 0 Å². The molecule has 1 atom stereocenters. The minimum atomic E-state index is -0.771. The summed E-state index contributed by atoms with van der Waals surface area (Å²) in [4.78, 5) is 38.6. The van der Waals surface area contributed by atoms with Crippen LogP contribution in [0.4, 0.5) is 0 Å². The number of rotatable bonds is 70. The highest BCUT2D eigenvalue weighted by molar-refractivity contribution is 5.71. The molecule has 0 aromatic heterocycles. The summed E-state index contributed by atoms with van der Waals surface area (Å²) in [6.07, 6.45) is 87.8. The van der Waals surface area contributed by atoms with Crippen LogP contribution in [0.1, 0.15) is 425 Å². The first kappa shape index (κ1) is 79.9. The minimum Gasteiger partial charge on any atom is -0.462 e. The van der Waals surface area contributed by atoms with E-state index in [0.29, 0.717) is 19.3 Å². The Morgan fingerprint density at radius 3 is 0.610 bits per heavy atom. The Morgan fingerprint density at radius 1 is 0.232 bits per heavy atom. The summed E-state index contributed by atoms with van der Waals surface area (Å²) in [5.74, 6) is -0.832. The molecule has 0 saturated heterocycles. The van der Waals surface area contributed by atoms with Gasteiger partial charge in [0.15, 0.2) is 6.10 Å². The molecule has 0 N–H and O–H groups in total. The van der Waals surface area contributed by atoms with Crippen molar-refractivity contribution in [3.63, 3.8) is 0 Å². The van der Waals surface area contributed by atoms with Gasteiger partial charge in [0.1, 0.15) is 13.2 Å². The highest BCUT2D eigenvalue weighted by atomic mass is 16.6. The van der Waals surface area contributed by atoms with E-state index in [0.717, 1.165) is 57.8 Å². The number of carbonyl (C=O) groups excluding carboxylic acids is 3. The average molecular weight is 1150 g/mol. The van der Waals surface area contributed by atoms with Crippen LogP contribution < -0.4 is 0 Å². The van der Waals surface area contributed by atoms with Crippen molar-refractivity contribution < 1.29 is 28.6 Å². The number of hydrogen-bond donors (Lipinski definition) is 0. The first-order valence-electron chi connectivity index (χ1n) is 37.3. The number of ether oxygens (including phenoxy) is 3. The van der Waals surface area contributed by atoms with E-state index >= 15 is 0 Å². The molecule has 0 bridgehead atoms. The van der Waals surface area contributed by atoms with E-state index in [2.05, 4.69) is 45.1 Å². The topological polar surface area (TPSA) is 78.9 Å². The van der Waals surface area contributed by atoms with Gasteiger partial charge in [0, 0.05) is 19.3 Å². The van der Waals surface area contributed by atoms with Gasteiger partial charge < -0.3 is 14.2 Å². The van der Waals surface area contributed by atoms with E-state index in [1.54, 1.807) is 0 Å². The predicted molar refractivity (Wildman–Crippen MR) is 358 cm³/mol. The van der Waals surface area contributed by atoms with Crippen molar-refractivity contribution in [2.24, 2.45) is 0 Å². The van der Waals surface area contributed by atoms with Crippen LogP contribution in [0.15, 0.2) is 24.3 Å². The van der Waals surface area contributed by atoms with Crippen LogP contribution in [-0.2, 0) is 28.6 Å². The van der Waals surface area contributed by atoms with Gasteiger partial charge >= 0.3 is 17.9 Å². The Morgan fingerprint density at radius 2 is 0.402 bits per heavy atom. The fraction of sp³-hybridized carbons (Fsp3) is 0.908. The van der Waals surface area contributed by atoms with E-state index in [-0.39, 0.29) is 31.1 Å². The summed E-state index contributed by atoms with van der Waals surface area (Å²) in [7, 11) is 0. The van der Waals surface area contributed by atoms with Crippen molar-refractivity contribution in [3.05, 3.63) is 24.3 Å². The molecule has 0 aliphatic carbocycles.